The van der Waals surface area contributed by atoms with Gasteiger partial charge in [-0.05, 0) is 11.5 Å². The SMILES string of the molecule is C#Cc1c(F)ccc2ccccc12. The largest absolute Gasteiger partial charge is 0.206 e. The molecule has 2 rings (SSSR count). The summed E-state index contributed by atoms with van der Waals surface area (Å²) in [7, 11) is 0. The molecule has 0 aliphatic heterocycles. The summed E-state index contributed by atoms with van der Waals surface area (Å²) in [6, 6.07) is 10.6. The lowest BCUT2D eigenvalue weighted by atomic mass is 10.0. The van der Waals surface area contributed by atoms with E-state index in [4.69, 9.17) is 6.42 Å². The molecule has 2 aromatic carbocycles. The minimum Gasteiger partial charge on any atom is -0.206 e. The summed E-state index contributed by atoms with van der Waals surface area (Å²) in [6.07, 6.45) is 5.23. The molecule has 2 aromatic rings. The molecule has 0 atom stereocenters. The van der Waals surface area contributed by atoms with E-state index < -0.39 is 0 Å². The van der Waals surface area contributed by atoms with Crippen molar-refractivity contribution in [3.8, 4) is 12.3 Å². The lowest BCUT2D eigenvalue weighted by Crippen LogP contribution is -1.85. The highest BCUT2D eigenvalue weighted by atomic mass is 19.1. The van der Waals surface area contributed by atoms with Crippen LogP contribution in [0.4, 0.5) is 4.39 Å². The highest BCUT2D eigenvalue weighted by Crippen LogP contribution is 2.20. The van der Waals surface area contributed by atoms with Crippen LogP contribution in [0.15, 0.2) is 36.4 Å². The van der Waals surface area contributed by atoms with Gasteiger partial charge < -0.3 is 0 Å². The Labute approximate surface area is 76.0 Å². The lowest BCUT2D eigenvalue weighted by molar-refractivity contribution is 0.626. The summed E-state index contributed by atoms with van der Waals surface area (Å²) in [5, 5.41) is 1.77. The fraction of sp³-hybridized carbons (Fsp3) is 0. The zero-order valence-corrected chi connectivity index (χ0v) is 6.92. The van der Waals surface area contributed by atoms with Crippen molar-refractivity contribution in [2.45, 2.75) is 0 Å². The smallest absolute Gasteiger partial charge is 0.139 e. The molecule has 62 valence electrons. The molecule has 0 nitrogen and oxygen atoms in total. The van der Waals surface area contributed by atoms with Crippen molar-refractivity contribution < 1.29 is 4.39 Å². The van der Waals surface area contributed by atoms with Crippen LogP contribution in [0.5, 0.6) is 0 Å². The molecule has 0 N–H and O–H groups in total. The number of fused-ring (bicyclic) bond motifs is 1. The molecule has 0 aliphatic carbocycles. The van der Waals surface area contributed by atoms with Crippen LogP contribution in [-0.2, 0) is 0 Å². The molecule has 0 saturated heterocycles. The minimum absolute atomic E-state index is 0.332. The van der Waals surface area contributed by atoms with Crippen LogP contribution in [0.2, 0.25) is 0 Å². The van der Waals surface area contributed by atoms with Gasteiger partial charge in [-0.25, -0.2) is 4.39 Å². The first kappa shape index (κ1) is 7.82. The van der Waals surface area contributed by atoms with E-state index in [0.717, 1.165) is 10.8 Å². The van der Waals surface area contributed by atoms with Gasteiger partial charge in [-0.15, -0.1) is 6.42 Å². The number of halogens is 1. The molecule has 0 saturated carbocycles. The second-order valence-electron chi connectivity index (χ2n) is 2.79. The van der Waals surface area contributed by atoms with Crippen molar-refractivity contribution in [2.24, 2.45) is 0 Å². The fourth-order valence-corrected chi connectivity index (χ4v) is 1.39. The molecular formula is C12H7F. The molecule has 0 unspecified atom stereocenters. The maximum Gasteiger partial charge on any atom is 0.139 e. The van der Waals surface area contributed by atoms with Crippen molar-refractivity contribution in [3.63, 3.8) is 0 Å². The molecule has 0 aromatic heterocycles. The predicted octanol–water partition coefficient (Wildman–Crippen LogP) is 2.96. The Balaban J connectivity index is 2.94. The van der Waals surface area contributed by atoms with E-state index in [1.54, 1.807) is 6.07 Å². The van der Waals surface area contributed by atoms with Gasteiger partial charge >= 0.3 is 0 Å². The molecule has 0 fully saturated rings. The lowest BCUT2D eigenvalue weighted by Gasteiger charge is -2.00. The van der Waals surface area contributed by atoms with Crippen molar-refractivity contribution in [3.05, 3.63) is 47.8 Å². The molecule has 0 heterocycles. The van der Waals surface area contributed by atoms with Crippen LogP contribution in [0, 0.1) is 18.2 Å². The zero-order chi connectivity index (χ0) is 9.26. The monoisotopic (exact) mass is 170 g/mol. The third-order valence-corrected chi connectivity index (χ3v) is 2.02. The predicted molar refractivity (Wildman–Crippen MR) is 51.8 cm³/mol. The van der Waals surface area contributed by atoms with Gasteiger partial charge in [-0.1, -0.05) is 36.3 Å². The molecule has 0 bridgehead atoms. The molecule has 0 amide bonds. The van der Waals surface area contributed by atoms with Gasteiger partial charge in [0.05, 0.1) is 5.56 Å². The third kappa shape index (κ3) is 1.17. The highest BCUT2D eigenvalue weighted by Gasteiger charge is 2.03. The summed E-state index contributed by atoms with van der Waals surface area (Å²) in [5.41, 5.74) is 0.345. The fourth-order valence-electron chi connectivity index (χ4n) is 1.39. The first-order valence-corrected chi connectivity index (χ1v) is 3.97. The summed E-state index contributed by atoms with van der Waals surface area (Å²) >= 11 is 0. The summed E-state index contributed by atoms with van der Waals surface area (Å²) < 4.78 is 13.2. The first-order valence-electron chi connectivity index (χ1n) is 3.97. The van der Waals surface area contributed by atoms with Crippen LogP contribution in [0.25, 0.3) is 10.8 Å². The standard InChI is InChI=1S/C12H7F/c1-2-10-11-6-4-3-5-9(11)7-8-12(10)13/h1,3-8H. The van der Waals surface area contributed by atoms with E-state index >= 15 is 0 Å². The van der Waals surface area contributed by atoms with Crippen molar-refractivity contribution in [2.75, 3.05) is 0 Å². The molecular weight excluding hydrogens is 163 g/mol. The third-order valence-electron chi connectivity index (χ3n) is 2.02. The van der Waals surface area contributed by atoms with Gasteiger partial charge in [-0.3, -0.25) is 0 Å². The van der Waals surface area contributed by atoms with Crippen LogP contribution in [0.1, 0.15) is 5.56 Å². The average Bonchev–Trinajstić information content (AvgIpc) is 2.18. The number of hydrogen-bond acceptors (Lipinski definition) is 0. The Bertz CT molecular complexity index is 492. The minimum atomic E-state index is -0.332. The van der Waals surface area contributed by atoms with Crippen LogP contribution < -0.4 is 0 Å². The van der Waals surface area contributed by atoms with E-state index in [1.165, 1.54) is 6.07 Å². The summed E-state index contributed by atoms with van der Waals surface area (Å²) in [4.78, 5) is 0. The summed E-state index contributed by atoms with van der Waals surface area (Å²) in [5.74, 6) is 2.03. The van der Waals surface area contributed by atoms with Gasteiger partial charge in [0.1, 0.15) is 5.82 Å². The topological polar surface area (TPSA) is 0 Å². The second kappa shape index (κ2) is 2.91. The maximum atomic E-state index is 13.2. The first-order chi connectivity index (χ1) is 6.33. The highest BCUT2D eigenvalue weighted by molar-refractivity contribution is 5.88. The van der Waals surface area contributed by atoms with E-state index in [-0.39, 0.29) is 5.82 Å². The van der Waals surface area contributed by atoms with Crippen molar-refractivity contribution in [1.82, 2.24) is 0 Å². The van der Waals surface area contributed by atoms with Crippen molar-refractivity contribution >= 4 is 10.8 Å². The molecule has 13 heavy (non-hydrogen) atoms. The molecule has 1 heteroatoms. The Morgan fingerprint density at radius 3 is 2.62 bits per heavy atom. The van der Waals surface area contributed by atoms with Crippen LogP contribution >= 0.6 is 0 Å². The number of rotatable bonds is 0. The zero-order valence-electron chi connectivity index (χ0n) is 6.92. The Morgan fingerprint density at radius 1 is 1.08 bits per heavy atom. The Hall–Kier alpha value is -1.81. The Morgan fingerprint density at radius 2 is 1.85 bits per heavy atom. The number of terminal acetylenes is 1. The van der Waals surface area contributed by atoms with E-state index in [0.29, 0.717) is 5.56 Å². The second-order valence-corrected chi connectivity index (χ2v) is 2.79. The van der Waals surface area contributed by atoms with Crippen molar-refractivity contribution in [1.29, 1.82) is 0 Å². The molecule has 0 aliphatic rings. The average molecular weight is 170 g/mol. The van der Waals surface area contributed by atoms with Gasteiger partial charge in [0, 0.05) is 5.39 Å². The molecule has 0 radical (unpaired) electrons. The van der Waals surface area contributed by atoms with E-state index in [9.17, 15) is 4.39 Å². The van der Waals surface area contributed by atoms with Gasteiger partial charge in [0.2, 0.25) is 0 Å². The van der Waals surface area contributed by atoms with E-state index in [2.05, 4.69) is 5.92 Å². The van der Waals surface area contributed by atoms with Crippen LogP contribution in [-0.4, -0.2) is 0 Å². The normalized spacial score (nSPS) is 9.85. The Kier molecular flexibility index (Phi) is 1.75. The number of benzene rings is 2. The van der Waals surface area contributed by atoms with E-state index in [1.807, 2.05) is 24.3 Å². The summed E-state index contributed by atoms with van der Waals surface area (Å²) in [6.45, 7) is 0. The van der Waals surface area contributed by atoms with Gasteiger partial charge in [0.25, 0.3) is 0 Å². The quantitative estimate of drug-likeness (QED) is 0.533. The number of hydrogen-bond donors (Lipinski definition) is 0. The van der Waals surface area contributed by atoms with Gasteiger partial charge in [0.15, 0.2) is 0 Å². The van der Waals surface area contributed by atoms with Gasteiger partial charge in [-0.2, -0.15) is 0 Å². The maximum absolute atomic E-state index is 13.2. The molecule has 0 spiro atoms. The van der Waals surface area contributed by atoms with Crippen LogP contribution in [0.3, 0.4) is 0 Å².